The van der Waals surface area contributed by atoms with Crippen LogP contribution in [0.4, 0.5) is 11.8 Å². The second-order valence-corrected chi connectivity index (χ2v) is 4.76. The second kappa shape index (κ2) is 7.69. The Morgan fingerprint density at radius 2 is 2.20 bits per heavy atom. The Hall–Kier alpha value is -1.82. The molecular formula is C13H19ClN6. The van der Waals surface area contributed by atoms with Crippen LogP contribution in [0.3, 0.4) is 0 Å². The lowest BCUT2D eigenvalue weighted by molar-refractivity contribution is 0.620. The molecule has 2 N–H and O–H groups in total. The Morgan fingerprint density at radius 3 is 2.95 bits per heavy atom. The lowest BCUT2D eigenvalue weighted by Gasteiger charge is -2.09. The summed E-state index contributed by atoms with van der Waals surface area (Å²) in [5.41, 5.74) is 0. The Labute approximate surface area is 123 Å². The van der Waals surface area contributed by atoms with E-state index in [4.69, 9.17) is 11.6 Å². The van der Waals surface area contributed by atoms with Crippen LogP contribution >= 0.6 is 11.6 Å². The number of halogens is 1. The maximum absolute atomic E-state index is 6.06. The van der Waals surface area contributed by atoms with Crippen LogP contribution in [0.5, 0.6) is 0 Å². The molecule has 0 bridgehead atoms. The molecule has 0 spiro atoms. The third kappa shape index (κ3) is 4.38. The van der Waals surface area contributed by atoms with Crippen molar-refractivity contribution in [2.75, 3.05) is 23.7 Å². The number of rotatable bonds is 8. The number of aryl methyl sites for hydroxylation is 1. The van der Waals surface area contributed by atoms with Gasteiger partial charge in [0.05, 0.1) is 12.5 Å². The van der Waals surface area contributed by atoms with Crippen LogP contribution in [0.2, 0.25) is 5.02 Å². The fourth-order valence-corrected chi connectivity index (χ4v) is 1.94. The summed E-state index contributed by atoms with van der Waals surface area (Å²) in [5, 5.41) is 6.85. The Balaban J connectivity index is 1.74. The number of hydrogen-bond donors (Lipinski definition) is 2. The van der Waals surface area contributed by atoms with Crippen molar-refractivity contribution in [1.82, 2.24) is 19.5 Å². The fraction of sp³-hybridized carbons (Fsp3) is 0.462. The van der Waals surface area contributed by atoms with Gasteiger partial charge < -0.3 is 15.2 Å². The van der Waals surface area contributed by atoms with E-state index >= 15 is 0 Å². The van der Waals surface area contributed by atoms with Crippen molar-refractivity contribution in [1.29, 1.82) is 0 Å². The molecule has 0 radical (unpaired) electrons. The van der Waals surface area contributed by atoms with Gasteiger partial charge in [-0.15, -0.1) is 0 Å². The van der Waals surface area contributed by atoms with Gasteiger partial charge in [-0.3, -0.25) is 0 Å². The summed E-state index contributed by atoms with van der Waals surface area (Å²) < 4.78 is 2.07. The highest BCUT2D eigenvalue weighted by molar-refractivity contribution is 6.32. The number of nitrogens with zero attached hydrogens (tertiary/aromatic N) is 4. The number of hydrogen-bond acceptors (Lipinski definition) is 5. The minimum Gasteiger partial charge on any atom is -0.369 e. The van der Waals surface area contributed by atoms with Crippen LogP contribution in [-0.2, 0) is 6.54 Å². The summed E-state index contributed by atoms with van der Waals surface area (Å²) >= 11 is 6.06. The molecule has 0 amide bonds. The molecular weight excluding hydrogens is 276 g/mol. The number of imidazole rings is 1. The topological polar surface area (TPSA) is 67.7 Å². The predicted octanol–water partition coefficient (Wildman–Crippen LogP) is 2.65. The van der Waals surface area contributed by atoms with Crippen LogP contribution in [-0.4, -0.2) is 32.6 Å². The smallest absolute Gasteiger partial charge is 0.224 e. The van der Waals surface area contributed by atoms with E-state index in [2.05, 4.69) is 30.2 Å². The lowest BCUT2D eigenvalue weighted by Crippen LogP contribution is -2.08. The van der Waals surface area contributed by atoms with Crippen molar-refractivity contribution in [2.24, 2.45) is 0 Å². The monoisotopic (exact) mass is 294 g/mol. The second-order valence-electron chi connectivity index (χ2n) is 4.35. The van der Waals surface area contributed by atoms with Gasteiger partial charge in [0.1, 0.15) is 10.8 Å². The van der Waals surface area contributed by atoms with Gasteiger partial charge in [-0.1, -0.05) is 11.6 Å². The van der Waals surface area contributed by atoms with Gasteiger partial charge in [-0.2, -0.15) is 4.98 Å². The van der Waals surface area contributed by atoms with Crippen molar-refractivity contribution in [3.05, 3.63) is 29.9 Å². The fourth-order valence-electron chi connectivity index (χ4n) is 1.78. The van der Waals surface area contributed by atoms with Gasteiger partial charge in [0, 0.05) is 32.0 Å². The zero-order chi connectivity index (χ0) is 14.2. The molecule has 0 atom stereocenters. The first kappa shape index (κ1) is 14.6. The molecule has 2 aromatic rings. The average Bonchev–Trinajstić information content (AvgIpc) is 2.95. The molecule has 2 heterocycles. The highest BCUT2D eigenvalue weighted by Crippen LogP contribution is 2.19. The van der Waals surface area contributed by atoms with Gasteiger partial charge in [-0.25, -0.2) is 9.97 Å². The highest BCUT2D eigenvalue weighted by Gasteiger charge is 2.04. The third-order valence-electron chi connectivity index (χ3n) is 2.77. The average molecular weight is 295 g/mol. The van der Waals surface area contributed by atoms with E-state index in [-0.39, 0.29) is 0 Å². The van der Waals surface area contributed by atoms with Gasteiger partial charge in [0.25, 0.3) is 0 Å². The molecule has 0 aliphatic carbocycles. The van der Waals surface area contributed by atoms with Gasteiger partial charge in [-0.05, 0) is 19.8 Å². The molecule has 2 rings (SSSR count). The first-order valence-electron chi connectivity index (χ1n) is 6.75. The third-order valence-corrected chi connectivity index (χ3v) is 3.05. The molecule has 0 aliphatic heterocycles. The standard InChI is InChI=1S/C13H19ClN6/c1-2-16-13-18-9-11(14)12(19-13)17-5-3-4-7-20-8-6-15-10-20/h6,8-10H,2-5,7H2,1H3,(H2,16,17,18,19). The normalized spacial score (nSPS) is 10.5. The number of nitrogens with one attached hydrogen (secondary N) is 2. The molecule has 2 aromatic heterocycles. The van der Waals surface area contributed by atoms with Crippen LogP contribution in [0.25, 0.3) is 0 Å². The SMILES string of the molecule is CCNc1ncc(Cl)c(NCCCCn2ccnc2)n1. The molecule has 6 nitrogen and oxygen atoms in total. The quantitative estimate of drug-likeness (QED) is 0.733. The van der Waals surface area contributed by atoms with Crippen LogP contribution in [0.1, 0.15) is 19.8 Å². The van der Waals surface area contributed by atoms with Crippen molar-refractivity contribution >= 4 is 23.4 Å². The summed E-state index contributed by atoms with van der Waals surface area (Å²) in [6.07, 6.45) is 9.32. The van der Waals surface area contributed by atoms with Crippen molar-refractivity contribution in [3.8, 4) is 0 Å². The highest BCUT2D eigenvalue weighted by atomic mass is 35.5. The minimum atomic E-state index is 0.543. The Kier molecular flexibility index (Phi) is 5.61. The maximum Gasteiger partial charge on any atom is 0.224 e. The number of aromatic nitrogens is 4. The molecule has 0 aliphatic rings. The zero-order valence-corrected chi connectivity index (χ0v) is 12.3. The summed E-state index contributed by atoms with van der Waals surface area (Å²) in [5.74, 6) is 1.28. The van der Waals surface area contributed by atoms with Crippen LogP contribution < -0.4 is 10.6 Å². The summed E-state index contributed by atoms with van der Waals surface area (Å²) in [6.45, 7) is 4.59. The Morgan fingerprint density at radius 1 is 1.30 bits per heavy atom. The van der Waals surface area contributed by atoms with Gasteiger partial charge >= 0.3 is 0 Å². The zero-order valence-electron chi connectivity index (χ0n) is 11.5. The molecule has 20 heavy (non-hydrogen) atoms. The molecule has 0 saturated carbocycles. The first-order valence-corrected chi connectivity index (χ1v) is 7.13. The van der Waals surface area contributed by atoms with E-state index in [1.807, 2.05) is 19.4 Å². The first-order chi connectivity index (χ1) is 9.79. The van der Waals surface area contributed by atoms with Crippen LogP contribution in [0.15, 0.2) is 24.9 Å². The van der Waals surface area contributed by atoms with Crippen LogP contribution in [0, 0.1) is 0 Å². The van der Waals surface area contributed by atoms with Crippen molar-refractivity contribution < 1.29 is 0 Å². The van der Waals surface area contributed by atoms with Gasteiger partial charge in [0.15, 0.2) is 0 Å². The minimum absolute atomic E-state index is 0.543. The maximum atomic E-state index is 6.06. The predicted molar refractivity (Wildman–Crippen MR) is 81.2 cm³/mol. The molecule has 108 valence electrons. The van der Waals surface area contributed by atoms with E-state index in [0.29, 0.717) is 16.8 Å². The molecule has 7 heteroatoms. The van der Waals surface area contributed by atoms with Crippen molar-refractivity contribution in [3.63, 3.8) is 0 Å². The summed E-state index contributed by atoms with van der Waals surface area (Å²) in [6, 6.07) is 0. The van der Waals surface area contributed by atoms with Crippen molar-refractivity contribution in [2.45, 2.75) is 26.3 Å². The van der Waals surface area contributed by atoms with E-state index in [9.17, 15) is 0 Å². The molecule has 0 unspecified atom stereocenters. The number of unbranched alkanes of at least 4 members (excludes halogenated alkanes) is 1. The van der Waals surface area contributed by atoms with E-state index in [0.717, 1.165) is 32.5 Å². The molecule has 0 aromatic carbocycles. The summed E-state index contributed by atoms with van der Waals surface area (Å²) in [7, 11) is 0. The Bertz CT molecular complexity index is 514. The van der Waals surface area contributed by atoms with Gasteiger partial charge in [0.2, 0.25) is 5.95 Å². The van der Waals surface area contributed by atoms with E-state index < -0.39 is 0 Å². The van der Waals surface area contributed by atoms with E-state index in [1.165, 1.54) is 0 Å². The largest absolute Gasteiger partial charge is 0.369 e. The summed E-state index contributed by atoms with van der Waals surface area (Å²) in [4.78, 5) is 12.4. The molecule has 0 saturated heterocycles. The lowest BCUT2D eigenvalue weighted by atomic mass is 10.3. The molecule has 0 fully saturated rings. The number of anilines is 2. The van der Waals surface area contributed by atoms with E-state index in [1.54, 1.807) is 12.4 Å².